The quantitative estimate of drug-likeness (QED) is 0.169. The third-order valence-electron chi connectivity index (χ3n) is 12.6. The molecule has 11 aromatic rings. The number of aromatic nitrogens is 3. The van der Waals surface area contributed by atoms with Crippen molar-refractivity contribution in [2.75, 3.05) is 0 Å². The van der Waals surface area contributed by atoms with Crippen molar-refractivity contribution >= 4 is 32.6 Å². The van der Waals surface area contributed by atoms with Gasteiger partial charge in [-0.3, -0.25) is 9.55 Å². The van der Waals surface area contributed by atoms with Crippen molar-refractivity contribution in [2.24, 2.45) is 0 Å². The molecule has 3 nitrogen and oxygen atoms in total. The molecular weight excluding hydrogens is 727 g/mol. The van der Waals surface area contributed by atoms with Crippen molar-refractivity contribution in [3.05, 3.63) is 247 Å². The van der Waals surface area contributed by atoms with Crippen LogP contribution < -0.4 is 0 Å². The van der Waals surface area contributed by atoms with Crippen molar-refractivity contribution in [3.63, 3.8) is 0 Å². The largest absolute Gasteiger partial charge is 0.294 e. The SMILES string of the molecule is c1ccc(-c2cc(-c3ccccc3)nc(-n3c4ccc(-c5cccc6c5-c5ccccc5C6(c5ccccc5)c5cccnc5)cc4c4c5ccccc5ccc43)c2)cc1. The van der Waals surface area contributed by atoms with E-state index in [0.29, 0.717) is 0 Å². The van der Waals surface area contributed by atoms with Crippen LogP contribution in [0.5, 0.6) is 0 Å². The summed E-state index contributed by atoms with van der Waals surface area (Å²) in [4.78, 5) is 10.1. The fourth-order valence-corrected chi connectivity index (χ4v) is 10.0. The van der Waals surface area contributed by atoms with Gasteiger partial charge in [-0.05, 0) is 103 Å². The van der Waals surface area contributed by atoms with Crippen molar-refractivity contribution in [1.29, 1.82) is 0 Å². The van der Waals surface area contributed by atoms with Gasteiger partial charge in [0.25, 0.3) is 0 Å². The predicted molar refractivity (Wildman–Crippen MR) is 247 cm³/mol. The Morgan fingerprint density at radius 3 is 1.92 bits per heavy atom. The minimum absolute atomic E-state index is 0.528. The van der Waals surface area contributed by atoms with Gasteiger partial charge >= 0.3 is 0 Å². The summed E-state index contributed by atoms with van der Waals surface area (Å²) >= 11 is 0. The van der Waals surface area contributed by atoms with E-state index in [0.717, 1.165) is 44.8 Å². The summed E-state index contributed by atoms with van der Waals surface area (Å²) < 4.78 is 2.37. The van der Waals surface area contributed by atoms with Crippen LogP contribution >= 0.6 is 0 Å². The molecule has 0 aliphatic heterocycles. The summed E-state index contributed by atoms with van der Waals surface area (Å²) in [5, 5.41) is 4.85. The van der Waals surface area contributed by atoms with E-state index in [2.05, 4.69) is 222 Å². The van der Waals surface area contributed by atoms with E-state index in [1.165, 1.54) is 60.5 Å². The highest BCUT2D eigenvalue weighted by Gasteiger charge is 2.47. The number of hydrogen-bond acceptors (Lipinski definition) is 2. The second-order valence-corrected chi connectivity index (χ2v) is 15.7. The van der Waals surface area contributed by atoms with E-state index in [9.17, 15) is 0 Å². The van der Waals surface area contributed by atoms with Crippen LogP contribution in [0.4, 0.5) is 0 Å². The molecule has 1 aliphatic carbocycles. The predicted octanol–water partition coefficient (Wildman–Crippen LogP) is 14.1. The van der Waals surface area contributed by atoms with Gasteiger partial charge in [0.1, 0.15) is 5.82 Å². The van der Waals surface area contributed by atoms with Crippen LogP contribution in [-0.4, -0.2) is 14.5 Å². The zero-order valence-electron chi connectivity index (χ0n) is 32.7. The van der Waals surface area contributed by atoms with E-state index in [-0.39, 0.29) is 0 Å². The third kappa shape index (κ3) is 5.09. The molecule has 0 saturated carbocycles. The number of rotatable bonds is 6. The standard InChI is InChI=1S/C57H37N3/c1-4-16-38(17-5-1)42-35-51(40-19-6-2-7-20-40)59-54(36-42)60-52-31-30-41(34-48(52)56-45-24-11-10-18-39(45)29-32-53(56)60)46-26-14-28-50-55(46)47-25-12-13-27-49(47)57(50,43-21-8-3-9-22-43)44-23-15-33-58-37-44/h1-37H. The van der Waals surface area contributed by atoms with Gasteiger partial charge in [0.05, 0.1) is 22.1 Å². The zero-order chi connectivity index (χ0) is 39.6. The van der Waals surface area contributed by atoms with Gasteiger partial charge in [-0.25, -0.2) is 4.98 Å². The molecule has 3 heteroatoms. The molecule has 3 aromatic heterocycles. The lowest BCUT2D eigenvalue weighted by Gasteiger charge is -2.33. The smallest absolute Gasteiger partial charge is 0.138 e. The molecule has 0 spiro atoms. The van der Waals surface area contributed by atoms with Crippen LogP contribution in [0.25, 0.3) is 83.0 Å². The minimum atomic E-state index is -0.528. The summed E-state index contributed by atoms with van der Waals surface area (Å²) in [6.07, 6.45) is 3.91. The first kappa shape index (κ1) is 34.2. The number of hydrogen-bond donors (Lipinski definition) is 0. The van der Waals surface area contributed by atoms with Gasteiger partial charge in [-0.15, -0.1) is 0 Å². The molecule has 60 heavy (non-hydrogen) atoms. The van der Waals surface area contributed by atoms with E-state index in [4.69, 9.17) is 4.98 Å². The van der Waals surface area contributed by atoms with Gasteiger partial charge in [0, 0.05) is 28.7 Å². The average molecular weight is 764 g/mol. The van der Waals surface area contributed by atoms with Gasteiger partial charge in [0.2, 0.25) is 0 Å². The Bertz CT molecular complexity index is 3310. The molecule has 12 rings (SSSR count). The fraction of sp³-hybridized carbons (Fsp3) is 0.0175. The topological polar surface area (TPSA) is 30.7 Å². The Morgan fingerprint density at radius 2 is 1.10 bits per heavy atom. The Kier molecular flexibility index (Phi) is 7.76. The number of pyridine rings is 2. The molecule has 280 valence electrons. The van der Waals surface area contributed by atoms with Gasteiger partial charge in [-0.2, -0.15) is 0 Å². The lowest BCUT2D eigenvalue weighted by atomic mass is 9.68. The summed E-state index contributed by atoms with van der Waals surface area (Å²) in [6.45, 7) is 0. The summed E-state index contributed by atoms with van der Waals surface area (Å²) in [7, 11) is 0. The van der Waals surface area contributed by atoms with Crippen LogP contribution in [-0.2, 0) is 5.41 Å². The van der Waals surface area contributed by atoms with Crippen molar-refractivity contribution in [2.45, 2.75) is 5.41 Å². The van der Waals surface area contributed by atoms with E-state index < -0.39 is 5.41 Å². The highest BCUT2D eigenvalue weighted by Crippen LogP contribution is 2.58. The normalized spacial score (nSPS) is 14.4. The van der Waals surface area contributed by atoms with Crippen LogP contribution in [0.2, 0.25) is 0 Å². The first-order valence-corrected chi connectivity index (χ1v) is 20.6. The van der Waals surface area contributed by atoms with Crippen LogP contribution in [0.1, 0.15) is 22.3 Å². The van der Waals surface area contributed by atoms with Gasteiger partial charge in [0.15, 0.2) is 0 Å². The Hall–Kier alpha value is -7.88. The molecule has 0 N–H and O–H groups in total. The molecule has 1 atom stereocenters. The van der Waals surface area contributed by atoms with E-state index >= 15 is 0 Å². The minimum Gasteiger partial charge on any atom is -0.294 e. The Labute approximate surface area is 348 Å². The monoisotopic (exact) mass is 763 g/mol. The van der Waals surface area contributed by atoms with Crippen LogP contribution in [0.15, 0.2) is 225 Å². The summed E-state index contributed by atoms with van der Waals surface area (Å²) in [5.41, 5.74) is 15.8. The van der Waals surface area contributed by atoms with Gasteiger partial charge < -0.3 is 0 Å². The third-order valence-corrected chi connectivity index (χ3v) is 12.6. The van der Waals surface area contributed by atoms with Crippen molar-refractivity contribution in [1.82, 2.24) is 14.5 Å². The number of benzene rings is 8. The zero-order valence-corrected chi connectivity index (χ0v) is 32.7. The maximum atomic E-state index is 5.44. The van der Waals surface area contributed by atoms with Crippen LogP contribution in [0, 0.1) is 0 Å². The molecule has 1 unspecified atom stereocenters. The number of nitrogens with zero attached hydrogens (tertiary/aromatic N) is 3. The van der Waals surface area contributed by atoms with E-state index in [1.807, 2.05) is 12.4 Å². The molecule has 8 aromatic carbocycles. The highest BCUT2D eigenvalue weighted by atomic mass is 15.1. The van der Waals surface area contributed by atoms with Crippen molar-refractivity contribution < 1.29 is 0 Å². The fourth-order valence-electron chi connectivity index (χ4n) is 10.0. The first-order chi connectivity index (χ1) is 29.8. The highest BCUT2D eigenvalue weighted by molar-refractivity contribution is 6.22. The van der Waals surface area contributed by atoms with E-state index in [1.54, 1.807) is 0 Å². The Balaban J connectivity index is 1.14. The molecular formula is C57H37N3. The van der Waals surface area contributed by atoms with Crippen LogP contribution in [0.3, 0.4) is 0 Å². The molecule has 3 heterocycles. The lowest BCUT2D eigenvalue weighted by Crippen LogP contribution is -2.28. The van der Waals surface area contributed by atoms with Gasteiger partial charge in [-0.1, -0.05) is 176 Å². The summed E-state index contributed by atoms with van der Waals surface area (Å²) in [5.74, 6) is 0.886. The maximum absolute atomic E-state index is 5.44. The Morgan fingerprint density at radius 1 is 0.417 bits per heavy atom. The first-order valence-electron chi connectivity index (χ1n) is 20.6. The second kappa shape index (κ2) is 13.6. The molecule has 0 fully saturated rings. The average Bonchev–Trinajstić information content (AvgIpc) is 3.83. The molecule has 1 aliphatic rings. The second-order valence-electron chi connectivity index (χ2n) is 15.7. The summed E-state index contributed by atoms with van der Waals surface area (Å²) in [6, 6.07) is 77.0. The molecule has 0 radical (unpaired) electrons. The number of fused-ring (bicyclic) bond motifs is 8. The lowest BCUT2D eigenvalue weighted by molar-refractivity contribution is 0.763. The van der Waals surface area contributed by atoms with Crippen molar-refractivity contribution in [3.8, 4) is 50.5 Å². The maximum Gasteiger partial charge on any atom is 0.138 e. The molecule has 0 saturated heterocycles. The molecule has 0 bridgehead atoms. The molecule has 0 amide bonds.